The lowest BCUT2D eigenvalue weighted by Gasteiger charge is -2.09. The first-order valence-electron chi connectivity index (χ1n) is 9.23. The van der Waals surface area contributed by atoms with Crippen LogP contribution < -0.4 is 4.72 Å². The molecule has 0 saturated carbocycles. The highest BCUT2D eigenvalue weighted by Gasteiger charge is 2.20. The number of anilines is 1. The van der Waals surface area contributed by atoms with E-state index in [-0.39, 0.29) is 10.6 Å². The fourth-order valence-corrected chi connectivity index (χ4v) is 4.91. The standard InChI is InChI=1S/C22H17N3O4S2/c1-15-7-12-19(13-21(15)25(26)27)31(28,29)24-18-10-8-16(9-11-18)20-14-30-22(23-20)17-5-3-2-4-6-17/h2-14,24H,1H3. The minimum atomic E-state index is -3.96. The average molecular weight is 452 g/mol. The summed E-state index contributed by atoms with van der Waals surface area (Å²) in [6.07, 6.45) is 0. The van der Waals surface area contributed by atoms with E-state index in [1.54, 1.807) is 31.2 Å². The minimum absolute atomic E-state index is 0.166. The Balaban J connectivity index is 1.54. The van der Waals surface area contributed by atoms with E-state index >= 15 is 0 Å². The van der Waals surface area contributed by atoms with Gasteiger partial charge in [-0.3, -0.25) is 14.8 Å². The molecule has 0 atom stereocenters. The smallest absolute Gasteiger partial charge is 0.273 e. The van der Waals surface area contributed by atoms with Crippen LogP contribution in [0, 0.1) is 17.0 Å². The summed E-state index contributed by atoms with van der Waals surface area (Å²) >= 11 is 1.54. The molecule has 0 aliphatic heterocycles. The number of hydrogen-bond acceptors (Lipinski definition) is 6. The molecule has 0 aliphatic carbocycles. The van der Waals surface area contributed by atoms with E-state index in [4.69, 9.17) is 0 Å². The molecule has 9 heteroatoms. The van der Waals surface area contributed by atoms with E-state index in [0.717, 1.165) is 27.9 Å². The molecule has 0 fully saturated rings. The van der Waals surface area contributed by atoms with Gasteiger partial charge in [-0.15, -0.1) is 11.3 Å². The zero-order valence-electron chi connectivity index (χ0n) is 16.3. The quantitative estimate of drug-likeness (QED) is 0.308. The lowest BCUT2D eigenvalue weighted by atomic mass is 10.1. The largest absolute Gasteiger partial charge is 0.280 e. The monoisotopic (exact) mass is 451 g/mol. The van der Waals surface area contributed by atoms with Crippen LogP contribution in [0.15, 0.2) is 83.1 Å². The first kappa shape index (κ1) is 20.7. The Hall–Kier alpha value is -3.56. The normalized spacial score (nSPS) is 11.3. The van der Waals surface area contributed by atoms with Gasteiger partial charge in [0, 0.05) is 33.8 Å². The highest BCUT2D eigenvalue weighted by atomic mass is 32.2. The summed E-state index contributed by atoms with van der Waals surface area (Å²) in [5, 5.41) is 14.0. The molecule has 1 heterocycles. The number of nitro benzene ring substituents is 1. The van der Waals surface area contributed by atoms with Crippen LogP contribution in [0.25, 0.3) is 21.8 Å². The maximum atomic E-state index is 12.7. The highest BCUT2D eigenvalue weighted by molar-refractivity contribution is 7.92. The van der Waals surface area contributed by atoms with Crippen LogP contribution >= 0.6 is 11.3 Å². The van der Waals surface area contributed by atoms with Gasteiger partial charge in [0.05, 0.1) is 15.5 Å². The number of benzene rings is 3. The molecular weight excluding hydrogens is 434 g/mol. The van der Waals surface area contributed by atoms with Crippen molar-refractivity contribution in [1.29, 1.82) is 0 Å². The second kappa shape index (κ2) is 8.29. The van der Waals surface area contributed by atoms with Crippen LogP contribution in [-0.2, 0) is 10.0 Å². The van der Waals surface area contributed by atoms with Gasteiger partial charge < -0.3 is 0 Å². The van der Waals surface area contributed by atoms with Gasteiger partial charge in [0.15, 0.2) is 0 Å². The summed E-state index contributed by atoms with van der Waals surface area (Å²) in [4.78, 5) is 15.0. The van der Waals surface area contributed by atoms with Gasteiger partial charge in [0.2, 0.25) is 0 Å². The van der Waals surface area contributed by atoms with Crippen molar-refractivity contribution < 1.29 is 13.3 Å². The molecule has 4 aromatic rings. The zero-order chi connectivity index (χ0) is 22.0. The van der Waals surface area contributed by atoms with Crippen LogP contribution in [0.5, 0.6) is 0 Å². The van der Waals surface area contributed by atoms with Crippen LogP contribution in [0.1, 0.15) is 5.56 Å². The summed E-state index contributed by atoms with van der Waals surface area (Å²) in [5.74, 6) is 0. The van der Waals surface area contributed by atoms with E-state index in [1.165, 1.54) is 23.5 Å². The zero-order valence-corrected chi connectivity index (χ0v) is 18.0. The average Bonchev–Trinajstić information content (AvgIpc) is 3.25. The molecule has 0 saturated heterocycles. The Bertz CT molecular complexity index is 1350. The van der Waals surface area contributed by atoms with Crippen molar-refractivity contribution in [1.82, 2.24) is 4.98 Å². The Morgan fingerprint density at radius 2 is 1.68 bits per heavy atom. The van der Waals surface area contributed by atoms with Gasteiger partial charge >= 0.3 is 0 Å². The maximum Gasteiger partial charge on any atom is 0.273 e. The molecule has 0 aliphatic rings. The first-order valence-corrected chi connectivity index (χ1v) is 11.6. The Morgan fingerprint density at radius 3 is 2.35 bits per heavy atom. The third kappa shape index (κ3) is 4.47. The molecular formula is C22H17N3O4S2. The van der Waals surface area contributed by atoms with Crippen molar-refractivity contribution in [2.45, 2.75) is 11.8 Å². The number of nitrogens with zero attached hydrogens (tertiary/aromatic N) is 2. The summed E-state index contributed by atoms with van der Waals surface area (Å²) in [7, 11) is -3.96. The van der Waals surface area contributed by atoms with Crippen LogP contribution in [0.3, 0.4) is 0 Å². The van der Waals surface area contributed by atoms with E-state index in [0.29, 0.717) is 11.3 Å². The Labute approximate surface area is 183 Å². The van der Waals surface area contributed by atoms with Gasteiger partial charge in [0.25, 0.3) is 15.7 Å². The number of aromatic nitrogens is 1. The predicted molar refractivity (Wildman–Crippen MR) is 122 cm³/mol. The fourth-order valence-electron chi connectivity index (χ4n) is 3.00. The summed E-state index contributed by atoms with van der Waals surface area (Å²) in [5.41, 5.74) is 3.20. The van der Waals surface area contributed by atoms with Gasteiger partial charge in [0.1, 0.15) is 5.01 Å². The minimum Gasteiger partial charge on any atom is -0.280 e. The topological polar surface area (TPSA) is 102 Å². The fraction of sp³-hybridized carbons (Fsp3) is 0.0455. The molecule has 0 unspecified atom stereocenters. The second-order valence-electron chi connectivity index (χ2n) is 6.79. The van der Waals surface area contributed by atoms with E-state index in [9.17, 15) is 18.5 Å². The summed E-state index contributed by atoms with van der Waals surface area (Å²) < 4.78 is 27.8. The van der Waals surface area contributed by atoms with Gasteiger partial charge in [-0.1, -0.05) is 48.5 Å². The van der Waals surface area contributed by atoms with Crippen molar-refractivity contribution in [3.05, 3.63) is 93.9 Å². The molecule has 1 N–H and O–H groups in total. The van der Waals surface area contributed by atoms with Crippen molar-refractivity contribution in [3.8, 4) is 21.8 Å². The van der Waals surface area contributed by atoms with Gasteiger partial charge in [-0.05, 0) is 25.1 Å². The number of rotatable bonds is 6. The lowest BCUT2D eigenvalue weighted by molar-refractivity contribution is -0.385. The maximum absolute atomic E-state index is 12.7. The van der Waals surface area contributed by atoms with Crippen LogP contribution in [0.2, 0.25) is 0 Å². The Kier molecular flexibility index (Phi) is 5.53. The molecule has 3 aromatic carbocycles. The second-order valence-corrected chi connectivity index (χ2v) is 9.33. The Morgan fingerprint density at radius 1 is 0.968 bits per heavy atom. The molecule has 7 nitrogen and oxygen atoms in total. The highest BCUT2D eigenvalue weighted by Crippen LogP contribution is 2.30. The van der Waals surface area contributed by atoms with Crippen LogP contribution in [0.4, 0.5) is 11.4 Å². The molecule has 156 valence electrons. The number of nitrogens with one attached hydrogen (secondary N) is 1. The van der Waals surface area contributed by atoms with E-state index in [2.05, 4.69) is 9.71 Å². The first-order chi connectivity index (χ1) is 14.8. The number of aryl methyl sites for hydroxylation is 1. The third-order valence-corrected chi connectivity index (χ3v) is 6.92. The number of nitro groups is 1. The number of sulfonamides is 1. The van der Waals surface area contributed by atoms with Crippen molar-refractivity contribution in [2.75, 3.05) is 4.72 Å². The molecule has 0 spiro atoms. The lowest BCUT2D eigenvalue weighted by Crippen LogP contribution is -2.13. The molecule has 1 aromatic heterocycles. The third-order valence-electron chi connectivity index (χ3n) is 4.65. The number of hydrogen-bond donors (Lipinski definition) is 1. The molecule has 0 bridgehead atoms. The molecule has 4 rings (SSSR count). The van der Waals surface area contributed by atoms with Gasteiger partial charge in [-0.2, -0.15) is 0 Å². The van der Waals surface area contributed by atoms with E-state index < -0.39 is 14.9 Å². The SMILES string of the molecule is Cc1ccc(S(=O)(=O)Nc2ccc(-c3csc(-c4ccccc4)n3)cc2)cc1[N+](=O)[O-]. The number of thiazole rings is 1. The van der Waals surface area contributed by atoms with E-state index in [1.807, 2.05) is 35.7 Å². The van der Waals surface area contributed by atoms with Crippen LogP contribution in [-0.4, -0.2) is 18.3 Å². The van der Waals surface area contributed by atoms with Crippen molar-refractivity contribution in [2.24, 2.45) is 0 Å². The molecule has 31 heavy (non-hydrogen) atoms. The summed E-state index contributed by atoms with van der Waals surface area (Å²) in [6.45, 7) is 1.56. The van der Waals surface area contributed by atoms with Gasteiger partial charge in [-0.25, -0.2) is 13.4 Å². The van der Waals surface area contributed by atoms with Crippen molar-refractivity contribution >= 4 is 32.7 Å². The molecule has 0 amide bonds. The molecule has 0 radical (unpaired) electrons. The predicted octanol–water partition coefficient (Wildman–Crippen LogP) is 5.49. The summed E-state index contributed by atoms with van der Waals surface area (Å²) in [6, 6.07) is 20.5. The van der Waals surface area contributed by atoms with Crippen molar-refractivity contribution in [3.63, 3.8) is 0 Å².